The Morgan fingerprint density at radius 1 is 1.61 bits per heavy atom. The predicted molar refractivity (Wildman–Crippen MR) is 80.7 cm³/mol. The molecule has 2 nitrogen and oxygen atoms in total. The molecule has 0 aliphatic carbocycles. The van der Waals surface area contributed by atoms with Crippen molar-refractivity contribution in [2.45, 2.75) is 39.2 Å². The highest BCUT2D eigenvalue weighted by Crippen LogP contribution is 2.19. The molecule has 2 atom stereocenters. The van der Waals surface area contributed by atoms with Crippen molar-refractivity contribution in [2.24, 2.45) is 5.92 Å². The van der Waals surface area contributed by atoms with Crippen LogP contribution in [0.1, 0.15) is 33.1 Å². The molecular formula is C15H25ClN2. The summed E-state index contributed by atoms with van der Waals surface area (Å²) in [5.41, 5.74) is 2.05. The lowest BCUT2D eigenvalue weighted by molar-refractivity contribution is 0.424. The molecule has 1 heterocycles. The van der Waals surface area contributed by atoms with Gasteiger partial charge in [-0.05, 0) is 24.8 Å². The van der Waals surface area contributed by atoms with Crippen molar-refractivity contribution < 1.29 is 0 Å². The van der Waals surface area contributed by atoms with Crippen molar-refractivity contribution in [3.63, 3.8) is 0 Å². The minimum absolute atomic E-state index is 0.445. The van der Waals surface area contributed by atoms with Gasteiger partial charge in [-0.2, -0.15) is 0 Å². The standard InChI is InChI=1S/C15H25ClN2/c1-5-11(3)7-8-13-9-17-10-14(12(4)16)15(6-2)18-13/h6,11,13,17-18H,2,4-5,7-10H2,1,3H3. The third-order valence-electron chi connectivity index (χ3n) is 3.61. The molecule has 0 amide bonds. The monoisotopic (exact) mass is 268 g/mol. The summed E-state index contributed by atoms with van der Waals surface area (Å²) in [6.45, 7) is 13.9. The fraction of sp³-hybridized carbons (Fsp3) is 0.600. The summed E-state index contributed by atoms with van der Waals surface area (Å²) < 4.78 is 0. The Hall–Kier alpha value is -0.730. The molecule has 1 aliphatic rings. The normalized spacial score (nSPS) is 22.1. The van der Waals surface area contributed by atoms with Crippen molar-refractivity contribution >= 4 is 11.6 Å². The first-order valence-corrected chi connectivity index (χ1v) is 7.13. The average Bonchev–Trinajstić information content (AvgIpc) is 2.57. The summed E-state index contributed by atoms with van der Waals surface area (Å²) in [6, 6.07) is 0.445. The summed E-state index contributed by atoms with van der Waals surface area (Å²) in [6.07, 6.45) is 5.50. The first kappa shape index (κ1) is 15.3. The van der Waals surface area contributed by atoms with Crippen LogP contribution in [0.15, 0.2) is 35.5 Å². The molecule has 18 heavy (non-hydrogen) atoms. The van der Waals surface area contributed by atoms with E-state index in [0.29, 0.717) is 11.1 Å². The van der Waals surface area contributed by atoms with Crippen LogP contribution in [0.4, 0.5) is 0 Å². The lowest BCUT2D eigenvalue weighted by Crippen LogP contribution is -2.35. The number of halogens is 1. The first-order valence-electron chi connectivity index (χ1n) is 6.76. The van der Waals surface area contributed by atoms with E-state index in [0.717, 1.165) is 30.3 Å². The number of allylic oxidation sites excluding steroid dienone is 1. The maximum atomic E-state index is 6.02. The van der Waals surface area contributed by atoms with Gasteiger partial charge in [0.1, 0.15) is 0 Å². The van der Waals surface area contributed by atoms with Gasteiger partial charge in [-0.25, -0.2) is 0 Å². The van der Waals surface area contributed by atoms with Gasteiger partial charge in [-0.3, -0.25) is 0 Å². The molecule has 0 bridgehead atoms. The van der Waals surface area contributed by atoms with Crippen LogP contribution in [0.25, 0.3) is 0 Å². The van der Waals surface area contributed by atoms with Crippen LogP contribution in [0, 0.1) is 5.92 Å². The van der Waals surface area contributed by atoms with Crippen LogP contribution in [0.5, 0.6) is 0 Å². The second kappa shape index (κ2) is 7.65. The zero-order valence-corrected chi connectivity index (χ0v) is 12.3. The van der Waals surface area contributed by atoms with E-state index < -0.39 is 0 Å². The van der Waals surface area contributed by atoms with E-state index in [-0.39, 0.29) is 0 Å². The van der Waals surface area contributed by atoms with Gasteiger partial charge in [0, 0.05) is 35.4 Å². The van der Waals surface area contributed by atoms with E-state index in [1.807, 2.05) is 6.08 Å². The van der Waals surface area contributed by atoms with Gasteiger partial charge in [0.25, 0.3) is 0 Å². The zero-order valence-electron chi connectivity index (χ0n) is 11.6. The van der Waals surface area contributed by atoms with Crippen molar-refractivity contribution in [2.75, 3.05) is 13.1 Å². The van der Waals surface area contributed by atoms with Crippen molar-refractivity contribution in [3.8, 4) is 0 Å². The Balaban J connectivity index is 2.65. The summed E-state index contributed by atoms with van der Waals surface area (Å²) in [7, 11) is 0. The largest absolute Gasteiger partial charge is 0.381 e. The third-order valence-corrected chi connectivity index (χ3v) is 3.84. The molecule has 0 aromatic rings. The molecule has 0 aromatic heterocycles. The Morgan fingerprint density at radius 2 is 2.33 bits per heavy atom. The number of rotatable bonds is 6. The molecule has 102 valence electrons. The minimum Gasteiger partial charge on any atom is -0.381 e. The average molecular weight is 269 g/mol. The molecule has 0 saturated carbocycles. The molecule has 0 aromatic carbocycles. The third kappa shape index (κ3) is 4.51. The van der Waals surface area contributed by atoms with Crippen LogP contribution in [-0.4, -0.2) is 19.1 Å². The summed E-state index contributed by atoms with van der Waals surface area (Å²) in [5, 5.41) is 7.54. The lowest BCUT2D eigenvalue weighted by atomic mass is 9.99. The summed E-state index contributed by atoms with van der Waals surface area (Å²) >= 11 is 6.02. The first-order chi connectivity index (χ1) is 8.58. The highest BCUT2D eigenvalue weighted by atomic mass is 35.5. The van der Waals surface area contributed by atoms with E-state index in [2.05, 4.69) is 37.6 Å². The molecule has 1 rings (SSSR count). The van der Waals surface area contributed by atoms with Crippen LogP contribution < -0.4 is 10.6 Å². The molecule has 0 radical (unpaired) electrons. The Kier molecular flexibility index (Phi) is 6.51. The SMILES string of the molecule is C=CC1=C(C(=C)Cl)CNCC(CCC(C)CC)N1. The Labute approximate surface area is 116 Å². The van der Waals surface area contributed by atoms with Gasteiger partial charge in [0.2, 0.25) is 0 Å². The quantitative estimate of drug-likeness (QED) is 0.770. The van der Waals surface area contributed by atoms with Crippen molar-refractivity contribution in [1.29, 1.82) is 0 Å². The van der Waals surface area contributed by atoms with Crippen LogP contribution in [0.2, 0.25) is 0 Å². The highest BCUT2D eigenvalue weighted by molar-refractivity contribution is 6.31. The molecule has 0 spiro atoms. The Bertz CT molecular complexity index is 333. The van der Waals surface area contributed by atoms with Crippen molar-refractivity contribution in [1.82, 2.24) is 10.6 Å². The molecule has 0 saturated heterocycles. The van der Waals surface area contributed by atoms with E-state index in [1.54, 1.807) is 0 Å². The maximum absolute atomic E-state index is 6.02. The molecule has 1 aliphatic heterocycles. The number of hydrogen-bond acceptors (Lipinski definition) is 2. The number of nitrogens with one attached hydrogen (secondary N) is 2. The maximum Gasteiger partial charge on any atom is 0.0399 e. The fourth-order valence-corrected chi connectivity index (χ4v) is 2.28. The van der Waals surface area contributed by atoms with Gasteiger partial charge >= 0.3 is 0 Å². The van der Waals surface area contributed by atoms with Crippen LogP contribution in [0.3, 0.4) is 0 Å². The molecule has 0 fully saturated rings. The van der Waals surface area contributed by atoms with Crippen LogP contribution in [-0.2, 0) is 0 Å². The van der Waals surface area contributed by atoms with E-state index in [9.17, 15) is 0 Å². The van der Waals surface area contributed by atoms with Gasteiger partial charge in [-0.15, -0.1) is 0 Å². The lowest BCUT2D eigenvalue weighted by Gasteiger charge is -2.20. The van der Waals surface area contributed by atoms with Gasteiger partial charge in [0.15, 0.2) is 0 Å². The summed E-state index contributed by atoms with van der Waals surface area (Å²) in [5.74, 6) is 0.786. The molecule has 2 N–H and O–H groups in total. The predicted octanol–water partition coefficient (Wildman–Crippen LogP) is 3.57. The number of hydrogen-bond donors (Lipinski definition) is 2. The highest BCUT2D eigenvalue weighted by Gasteiger charge is 2.17. The smallest absolute Gasteiger partial charge is 0.0399 e. The van der Waals surface area contributed by atoms with Gasteiger partial charge < -0.3 is 10.6 Å². The zero-order chi connectivity index (χ0) is 13.5. The van der Waals surface area contributed by atoms with Crippen LogP contribution >= 0.6 is 11.6 Å². The topological polar surface area (TPSA) is 24.1 Å². The molecule has 2 unspecified atom stereocenters. The van der Waals surface area contributed by atoms with Gasteiger partial charge in [0.05, 0.1) is 0 Å². The second-order valence-corrected chi connectivity index (χ2v) is 5.52. The molecule has 3 heteroatoms. The molecular weight excluding hydrogens is 244 g/mol. The van der Waals surface area contributed by atoms with Crippen molar-refractivity contribution in [3.05, 3.63) is 35.5 Å². The van der Waals surface area contributed by atoms with E-state index in [4.69, 9.17) is 11.6 Å². The van der Waals surface area contributed by atoms with E-state index in [1.165, 1.54) is 19.3 Å². The summed E-state index contributed by atoms with van der Waals surface area (Å²) in [4.78, 5) is 0. The minimum atomic E-state index is 0.445. The van der Waals surface area contributed by atoms with E-state index >= 15 is 0 Å². The second-order valence-electron chi connectivity index (χ2n) is 5.06. The van der Waals surface area contributed by atoms with Gasteiger partial charge in [-0.1, -0.05) is 45.0 Å². The Morgan fingerprint density at radius 3 is 2.89 bits per heavy atom. The fourth-order valence-electron chi connectivity index (χ4n) is 2.11.